The fourth-order valence-corrected chi connectivity index (χ4v) is 3.85. The van der Waals surface area contributed by atoms with Gasteiger partial charge in [-0.15, -0.1) is 0 Å². The lowest BCUT2D eigenvalue weighted by Crippen LogP contribution is -2.40. The zero-order chi connectivity index (χ0) is 12.4. The van der Waals surface area contributed by atoms with E-state index in [-0.39, 0.29) is 17.4 Å². The van der Waals surface area contributed by atoms with Gasteiger partial charge in [0.25, 0.3) is 10.1 Å². The SMILES string of the molecule is CCOC(=O)C(=O)c1sc2[n+](c1[O-])CCCS2. The van der Waals surface area contributed by atoms with Crippen molar-refractivity contribution in [2.45, 2.75) is 24.2 Å². The van der Waals surface area contributed by atoms with E-state index in [9.17, 15) is 14.7 Å². The second-order valence-electron chi connectivity index (χ2n) is 3.41. The molecule has 7 heteroatoms. The number of carbonyl (C=O) groups is 2. The maximum atomic E-state index is 11.9. The molecule has 0 fully saturated rings. The number of Topliss-reactive ketones (excluding diaryl/α,β-unsaturated/α-hetero) is 1. The number of aromatic nitrogens is 1. The second-order valence-corrected chi connectivity index (χ2v) is 5.75. The van der Waals surface area contributed by atoms with Crippen LogP contribution in [0.15, 0.2) is 4.34 Å². The highest BCUT2D eigenvalue weighted by molar-refractivity contribution is 8.00. The van der Waals surface area contributed by atoms with Crippen LogP contribution in [0.25, 0.3) is 0 Å². The van der Waals surface area contributed by atoms with Crippen molar-refractivity contribution in [3.63, 3.8) is 0 Å². The Balaban J connectivity index is 2.30. The average Bonchev–Trinajstić information content (AvgIpc) is 2.67. The van der Waals surface area contributed by atoms with Crippen LogP contribution in [0, 0.1) is 0 Å². The number of hydrogen-bond donors (Lipinski definition) is 0. The maximum absolute atomic E-state index is 11.9. The number of hydrogen-bond acceptors (Lipinski definition) is 6. The van der Waals surface area contributed by atoms with Crippen molar-refractivity contribution in [1.29, 1.82) is 0 Å². The summed E-state index contributed by atoms with van der Waals surface area (Å²) in [6.07, 6.45) is 0.904. The fourth-order valence-electron chi connectivity index (χ4n) is 1.51. The highest BCUT2D eigenvalue weighted by Gasteiger charge is 2.31. The maximum Gasteiger partial charge on any atom is 0.380 e. The smallest absolute Gasteiger partial charge is 0.380 e. The third kappa shape index (κ3) is 2.30. The number of rotatable bonds is 3. The lowest BCUT2D eigenvalue weighted by atomic mass is 10.3. The highest BCUT2D eigenvalue weighted by atomic mass is 32.2. The molecule has 0 N–H and O–H groups in total. The minimum absolute atomic E-state index is 0.0344. The molecule has 2 heterocycles. The molecular formula is C10H11NO4S2. The van der Waals surface area contributed by atoms with Crippen molar-refractivity contribution in [3.8, 4) is 5.88 Å². The molecule has 0 saturated carbocycles. The Morgan fingerprint density at radius 3 is 2.94 bits per heavy atom. The first-order chi connectivity index (χ1) is 8.15. The van der Waals surface area contributed by atoms with Gasteiger partial charge >= 0.3 is 5.97 Å². The van der Waals surface area contributed by atoms with Gasteiger partial charge < -0.3 is 9.84 Å². The fraction of sp³-hybridized carbons (Fsp3) is 0.500. The molecule has 0 aromatic carbocycles. The summed E-state index contributed by atoms with van der Waals surface area (Å²) in [7, 11) is 0. The molecule has 0 unspecified atom stereocenters. The molecule has 0 amide bonds. The van der Waals surface area contributed by atoms with E-state index in [4.69, 9.17) is 0 Å². The molecule has 5 nitrogen and oxygen atoms in total. The first-order valence-electron chi connectivity index (χ1n) is 5.23. The van der Waals surface area contributed by atoms with Gasteiger partial charge in [-0.1, -0.05) is 11.3 Å². The third-order valence-electron chi connectivity index (χ3n) is 2.27. The molecule has 0 radical (unpaired) electrons. The van der Waals surface area contributed by atoms with Crippen molar-refractivity contribution >= 4 is 34.9 Å². The Bertz CT molecular complexity index is 469. The minimum atomic E-state index is -0.950. The van der Waals surface area contributed by atoms with Crippen LogP contribution in [-0.4, -0.2) is 24.1 Å². The molecule has 0 bridgehead atoms. The van der Waals surface area contributed by atoms with Crippen molar-refractivity contribution in [1.82, 2.24) is 0 Å². The van der Waals surface area contributed by atoms with Crippen molar-refractivity contribution in [2.24, 2.45) is 0 Å². The van der Waals surface area contributed by atoms with Crippen LogP contribution in [0.4, 0.5) is 0 Å². The number of ketones is 1. The lowest BCUT2D eigenvalue weighted by Gasteiger charge is -2.08. The van der Waals surface area contributed by atoms with Gasteiger partial charge in [-0.3, -0.25) is 4.79 Å². The van der Waals surface area contributed by atoms with E-state index in [2.05, 4.69) is 4.74 Å². The van der Waals surface area contributed by atoms with Gasteiger partial charge in [0.1, 0.15) is 4.88 Å². The second kappa shape index (κ2) is 5.05. The molecule has 92 valence electrons. The largest absolute Gasteiger partial charge is 0.822 e. The summed E-state index contributed by atoms with van der Waals surface area (Å²) in [5.74, 6) is -1.21. The van der Waals surface area contributed by atoms with Gasteiger partial charge in [0, 0.05) is 12.2 Å². The van der Waals surface area contributed by atoms with Crippen LogP contribution in [0.5, 0.6) is 5.88 Å². The zero-order valence-corrected chi connectivity index (χ0v) is 10.9. The highest BCUT2D eigenvalue weighted by Crippen LogP contribution is 2.31. The summed E-state index contributed by atoms with van der Waals surface area (Å²) in [4.78, 5) is 22.9. The Kier molecular flexibility index (Phi) is 3.68. The van der Waals surface area contributed by atoms with Gasteiger partial charge in [0.15, 0.2) is 12.4 Å². The van der Waals surface area contributed by atoms with Crippen LogP contribution in [0.1, 0.15) is 23.0 Å². The van der Waals surface area contributed by atoms with E-state index >= 15 is 0 Å². The molecule has 2 rings (SSSR count). The number of carbonyl (C=O) groups excluding carboxylic acids is 2. The summed E-state index contributed by atoms with van der Waals surface area (Å²) in [5, 5.41) is 11.9. The number of ether oxygens (including phenoxy) is 1. The first kappa shape index (κ1) is 12.4. The molecule has 1 aliphatic rings. The molecular weight excluding hydrogens is 262 g/mol. The normalized spacial score (nSPS) is 14.2. The minimum Gasteiger partial charge on any atom is -0.822 e. The van der Waals surface area contributed by atoms with Crippen LogP contribution in [0.3, 0.4) is 0 Å². The van der Waals surface area contributed by atoms with Gasteiger partial charge in [-0.25, -0.2) is 4.79 Å². The number of nitrogens with zero attached hydrogens (tertiary/aromatic N) is 1. The van der Waals surface area contributed by atoms with E-state index in [1.165, 1.54) is 0 Å². The molecule has 0 aliphatic carbocycles. The van der Waals surface area contributed by atoms with E-state index in [0.29, 0.717) is 6.54 Å². The predicted molar refractivity (Wildman–Crippen MR) is 60.3 cm³/mol. The molecule has 1 aliphatic heterocycles. The lowest BCUT2D eigenvalue weighted by molar-refractivity contribution is -0.762. The van der Waals surface area contributed by atoms with Crippen molar-refractivity contribution in [3.05, 3.63) is 4.88 Å². The van der Waals surface area contributed by atoms with E-state index in [0.717, 1.165) is 27.9 Å². The summed E-state index contributed by atoms with van der Waals surface area (Å²) in [5.41, 5.74) is 0. The van der Waals surface area contributed by atoms with Gasteiger partial charge in [0.05, 0.1) is 6.61 Å². The summed E-state index contributed by atoms with van der Waals surface area (Å²) in [6, 6.07) is 0. The van der Waals surface area contributed by atoms with Crippen molar-refractivity contribution in [2.75, 3.05) is 12.4 Å². The summed E-state index contributed by atoms with van der Waals surface area (Å²) in [6.45, 7) is 2.37. The predicted octanol–water partition coefficient (Wildman–Crippen LogP) is 0.351. The number of thioether (sulfide) groups is 1. The molecule has 0 atom stereocenters. The quantitative estimate of drug-likeness (QED) is 0.344. The number of fused-ring (bicyclic) bond motifs is 1. The summed E-state index contributed by atoms with van der Waals surface area (Å²) < 4.78 is 6.97. The van der Waals surface area contributed by atoms with Crippen LogP contribution >= 0.6 is 23.1 Å². The Labute approximate surface area is 106 Å². The molecule has 0 saturated heterocycles. The van der Waals surface area contributed by atoms with Gasteiger partial charge in [0.2, 0.25) is 0 Å². The van der Waals surface area contributed by atoms with Crippen LogP contribution in [-0.2, 0) is 16.1 Å². The molecule has 1 aromatic rings. The average molecular weight is 273 g/mol. The van der Waals surface area contributed by atoms with Gasteiger partial charge in [-0.05, 0) is 18.7 Å². The van der Waals surface area contributed by atoms with E-state index in [1.54, 1.807) is 23.3 Å². The molecule has 17 heavy (non-hydrogen) atoms. The monoisotopic (exact) mass is 273 g/mol. The Hall–Kier alpha value is -1.08. The summed E-state index contributed by atoms with van der Waals surface area (Å²) >= 11 is 2.63. The molecule has 0 spiro atoms. The number of thiazole rings is 1. The standard InChI is InChI=1S/C10H11NO4S2/c1-2-15-9(14)6(12)7-8(13)11-4-3-5-16-10(11)17-7/h2-5H2,1H3. The zero-order valence-electron chi connectivity index (χ0n) is 9.23. The topological polar surface area (TPSA) is 70.3 Å². The van der Waals surface area contributed by atoms with Crippen molar-refractivity contribution < 1.29 is 24.0 Å². The Morgan fingerprint density at radius 1 is 1.53 bits per heavy atom. The first-order valence-corrected chi connectivity index (χ1v) is 7.03. The van der Waals surface area contributed by atoms with E-state index in [1.807, 2.05) is 0 Å². The van der Waals surface area contributed by atoms with Gasteiger partial charge in [-0.2, -0.15) is 4.57 Å². The van der Waals surface area contributed by atoms with Crippen LogP contribution < -0.4 is 9.67 Å². The van der Waals surface area contributed by atoms with E-state index < -0.39 is 11.8 Å². The number of esters is 1. The third-order valence-corrected chi connectivity index (χ3v) is 4.79. The molecule has 1 aromatic heterocycles. The van der Waals surface area contributed by atoms with Crippen LogP contribution in [0.2, 0.25) is 0 Å². The Morgan fingerprint density at radius 2 is 2.29 bits per heavy atom.